The number of benzene rings is 1. The number of nitrogens with one attached hydrogen (secondary N) is 2. The summed E-state index contributed by atoms with van der Waals surface area (Å²) < 4.78 is 59.1. The van der Waals surface area contributed by atoms with E-state index in [0.29, 0.717) is 0 Å². The number of pyridine rings is 1. The van der Waals surface area contributed by atoms with E-state index in [0.717, 1.165) is 16.9 Å². The van der Waals surface area contributed by atoms with E-state index in [1.54, 1.807) is 0 Å². The monoisotopic (exact) mass is 471 g/mol. The molecule has 0 saturated carbocycles. The van der Waals surface area contributed by atoms with Gasteiger partial charge in [-0.15, -0.1) is 0 Å². The SMILES string of the molecule is O=C(Nc1ccccc1F)OCCNC(=O)c1cn(-c2ncccc2Cl)nc1C(F)(F)F. The van der Waals surface area contributed by atoms with Crippen molar-refractivity contribution in [1.29, 1.82) is 0 Å². The van der Waals surface area contributed by atoms with Crippen LogP contribution in [0.1, 0.15) is 16.1 Å². The van der Waals surface area contributed by atoms with Gasteiger partial charge in [-0.3, -0.25) is 10.1 Å². The molecule has 0 aliphatic rings. The Kier molecular flexibility index (Phi) is 6.93. The Hall–Kier alpha value is -3.67. The number of halogens is 5. The van der Waals surface area contributed by atoms with Crippen molar-refractivity contribution in [3.8, 4) is 5.82 Å². The van der Waals surface area contributed by atoms with Crippen molar-refractivity contribution >= 4 is 29.3 Å². The minimum absolute atomic E-state index is 0.0324. The lowest BCUT2D eigenvalue weighted by molar-refractivity contribution is -0.141. The van der Waals surface area contributed by atoms with Gasteiger partial charge in [-0.2, -0.15) is 18.3 Å². The first-order valence-corrected chi connectivity index (χ1v) is 9.29. The van der Waals surface area contributed by atoms with Gasteiger partial charge in [-0.1, -0.05) is 23.7 Å². The number of anilines is 1. The number of nitrogens with zero attached hydrogens (tertiary/aromatic N) is 3. The summed E-state index contributed by atoms with van der Waals surface area (Å²) in [5.41, 5.74) is -2.32. The molecule has 0 aliphatic carbocycles. The average Bonchev–Trinajstić information content (AvgIpc) is 3.19. The van der Waals surface area contributed by atoms with Gasteiger partial charge in [0.1, 0.15) is 12.4 Å². The topological polar surface area (TPSA) is 98.1 Å². The van der Waals surface area contributed by atoms with Crippen molar-refractivity contribution in [2.24, 2.45) is 0 Å². The van der Waals surface area contributed by atoms with E-state index in [1.165, 1.54) is 36.5 Å². The Labute approximate surface area is 183 Å². The minimum atomic E-state index is -4.92. The van der Waals surface area contributed by atoms with Crippen LogP contribution in [0.15, 0.2) is 48.8 Å². The molecule has 0 unspecified atom stereocenters. The highest BCUT2D eigenvalue weighted by Crippen LogP contribution is 2.32. The molecule has 0 bridgehead atoms. The van der Waals surface area contributed by atoms with Crippen molar-refractivity contribution in [3.05, 3.63) is 70.9 Å². The summed E-state index contributed by atoms with van der Waals surface area (Å²) in [5, 5.41) is 7.78. The number of carbonyl (C=O) groups is 2. The normalized spacial score (nSPS) is 11.2. The highest BCUT2D eigenvalue weighted by atomic mass is 35.5. The molecule has 13 heteroatoms. The summed E-state index contributed by atoms with van der Waals surface area (Å²) in [6.45, 7) is -0.691. The van der Waals surface area contributed by atoms with Crippen LogP contribution in [0.3, 0.4) is 0 Å². The van der Waals surface area contributed by atoms with Gasteiger partial charge in [-0.05, 0) is 24.3 Å². The lowest BCUT2D eigenvalue weighted by Crippen LogP contribution is -2.30. The Morgan fingerprint density at radius 3 is 2.59 bits per heavy atom. The van der Waals surface area contributed by atoms with Crippen LogP contribution >= 0.6 is 11.6 Å². The number of hydrogen-bond acceptors (Lipinski definition) is 5. The van der Waals surface area contributed by atoms with E-state index < -0.39 is 35.3 Å². The highest BCUT2D eigenvalue weighted by Gasteiger charge is 2.39. The zero-order valence-corrected chi connectivity index (χ0v) is 16.7. The van der Waals surface area contributed by atoms with E-state index in [4.69, 9.17) is 16.3 Å². The molecule has 0 atom stereocenters. The Bertz CT molecular complexity index is 1140. The van der Waals surface area contributed by atoms with Crippen molar-refractivity contribution in [3.63, 3.8) is 0 Å². The number of rotatable bonds is 6. The molecule has 0 radical (unpaired) electrons. The first kappa shape index (κ1) is 23.0. The molecule has 32 heavy (non-hydrogen) atoms. The predicted octanol–water partition coefficient (Wildman–Crippen LogP) is 4.06. The van der Waals surface area contributed by atoms with Crippen molar-refractivity contribution in [1.82, 2.24) is 20.1 Å². The van der Waals surface area contributed by atoms with E-state index in [2.05, 4.69) is 20.7 Å². The third kappa shape index (κ3) is 5.52. The zero-order chi connectivity index (χ0) is 23.3. The lowest BCUT2D eigenvalue weighted by Gasteiger charge is -2.09. The van der Waals surface area contributed by atoms with Crippen LogP contribution in [0.5, 0.6) is 0 Å². The number of aromatic nitrogens is 3. The first-order chi connectivity index (χ1) is 15.2. The van der Waals surface area contributed by atoms with Gasteiger partial charge in [0.15, 0.2) is 11.5 Å². The molecule has 168 valence electrons. The summed E-state index contributed by atoms with van der Waals surface area (Å²) in [7, 11) is 0. The predicted molar refractivity (Wildman–Crippen MR) is 105 cm³/mol. The van der Waals surface area contributed by atoms with Crippen LogP contribution in [0, 0.1) is 5.82 Å². The van der Waals surface area contributed by atoms with Crippen LogP contribution in [-0.2, 0) is 10.9 Å². The van der Waals surface area contributed by atoms with Crippen LogP contribution in [0.4, 0.5) is 28.0 Å². The van der Waals surface area contributed by atoms with Gasteiger partial charge in [0, 0.05) is 12.4 Å². The molecule has 3 aromatic rings. The van der Waals surface area contributed by atoms with Crippen molar-refractivity contribution in [2.75, 3.05) is 18.5 Å². The number of para-hydroxylation sites is 1. The fourth-order valence-electron chi connectivity index (χ4n) is 2.52. The van der Waals surface area contributed by atoms with Gasteiger partial charge in [-0.25, -0.2) is 18.9 Å². The maximum Gasteiger partial charge on any atom is 0.435 e. The van der Waals surface area contributed by atoms with Crippen LogP contribution in [0.25, 0.3) is 5.82 Å². The average molecular weight is 472 g/mol. The van der Waals surface area contributed by atoms with Gasteiger partial charge in [0.2, 0.25) is 0 Å². The number of alkyl halides is 3. The molecular weight excluding hydrogens is 458 g/mol. The molecule has 0 fully saturated rings. The largest absolute Gasteiger partial charge is 0.447 e. The second kappa shape index (κ2) is 9.64. The van der Waals surface area contributed by atoms with E-state index in [1.807, 2.05) is 0 Å². The molecule has 2 heterocycles. The quantitative estimate of drug-likeness (QED) is 0.417. The van der Waals surface area contributed by atoms with Gasteiger partial charge in [0.05, 0.1) is 22.8 Å². The maximum absolute atomic E-state index is 13.5. The van der Waals surface area contributed by atoms with Crippen LogP contribution < -0.4 is 10.6 Å². The van der Waals surface area contributed by atoms with Crippen LogP contribution in [-0.4, -0.2) is 39.9 Å². The molecule has 2 amide bonds. The number of ether oxygens (including phenoxy) is 1. The first-order valence-electron chi connectivity index (χ1n) is 8.91. The number of hydrogen-bond donors (Lipinski definition) is 2. The fraction of sp³-hybridized carbons (Fsp3) is 0.158. The third-order valence-corrected chi connectivity index (χ3v) is 4.21. The Morgan fingerprint density at radius 2 is 1.91 bits per heavy atom. The molecule has 0 saturated heterocycles. The van der Waals surface area contributed by atoms with Gasteiger partial charge < -0.3 is 10.1 Å². The van der Waals surface area contributed by atoms with E-state index >= 15 is 0 Å². The van der Waals surface area contributed by atoms with E-state index in [9.17, 15) is 27.2 Å². The Morgan fingerprint density at radius 1 is 1.16 bits per heavy atom. The summed E-state index contributed by atoms with van der Waals surface area (Å²) >= 11 is 5.93. The summed E-state index contributed by atoms with van der Waals surface area (Å²) in [4.78, 5) is 27.8. The lowest BCUT2D eigenvalue weighted by atomic mass is 10.2. The zero-order valence-electron chi connectivity index (χ0n) is 16.0. The molecule has 3 rings (SSSR count). The molecule has 2 N–H and O–H groups in total. The molecule has 1 aromatic carbocycles. The maximum atomic E-state index is 13.5. The standard InChI is InChI=1S/C19H14ClF4N5O3/c20-12-4-3-7-25-16(12)29-10-11(15(28-29)19(22,23)24)17(30)26-8-9-32-18(31)27-14-6-2-1-5-13(14)21/h1-7,10H,8-9H2,(H,26,30)(H,27,31). The van der Waals surface area contributed by atoms with Gasteiger partial charge >= 0.3 is 12.3 Å². The number of amides is 2. The highest BCUT2D eigenvalue weighted by molar-refractivity contribution is 6.32. The Balaban J connectivity index is 1.63. The molecule has 0 spiro atoms. The third-order valence-electron chi connectivity index (χ3n) is 3.91. The minimum Gasteiger partial charge on any atom is -0.447 e. The number of carbonyl (C=O) groups excluding carboxylic acids is 2. The summed E-state index contributed by atoms with van der Waals surface area (Å²) in [6.07, 6.45) is -3.77. The second-order valence-corrected chi connectivity index (χ2v) is 6.55. The second-order valence-electron chi connectivity index (χ2n) is 6.14. The van der Waals surface area contributed by atoms with E-state index in [-0.39, 0.29) is 29.7 Å². The molecule has 0 aliphatic heterocycles. The van der Waals surface area contributed by atoms with Gasteiger partial charge in [0.25, 0.3) is 5.91 Å². The fourth-order valence-corrected chi connectivity index (χ4v) is 2.72. The molecule has 8 nitrogen and oxygen atoms in total. The summed E-state index contributed by atoms with van der Waals surface area (Å²) in [6, 6.07) is 8.25. The smallest absolute Gasteiger partial charge is 0.435 e. The summed E-state index contributed by atoms with van der Waals surface area (Å²) in [5.74, 6) is -1.87. The van der Waals surface area contributed by atoms with Crippen molar-refractivity contribution < 1.29 is 31.9 Å². The van der Waals surface area contributed by atoms with Crippen LogP contribution in [0.2, 0.25) is 5.02 Å². The molecular formula is C19H14ClF4N5O3. The van der Waals surface area contributed by atoms with Crippen molar-refractivity contribution in [2.45, 2.75) is 6.18 Å². The molecule has 2 aromatic heterocycles.